The van der Waals surface area contributed by atoms with Gasteiger partial charge < -0.3 is 5.32 Å². The van der Waals surface area contributed by atoms with Gasteiger partial charge >= 0.3 is 0 Å². The molecule has 0 unspecified atom stereocenters. The molecule has 0 aliphatic carbocycles. The molecule has 0 fully saturated rings. The third-order valence-corrected chi connectivity index (χ3v) is 6.79. The number of aromatic nitrogens is 3. The van der Waals surface area contributed by atoms with Crippen LogP contribution in [-0.4, -0.2) is 32.7 Å². The summed E-state index contributed by atoms with van der Waals surface area (Å²) in [5.74, 6) is -0.363. The van der Waals surface area contributed by atoms with E-state index < -0.39 is 0 Å². The molecule has 7 nitrogen and oxygen atoms in total. The maximum atomic E-state index is 12.4. The van der Waals surface area contributed by atoms with E-state index in [4.69, 9.17) is 11.6 Å². The number of rotatable bonds is 6. The maximum Gasteiger partial charge on any atom is 0.286 e. The number of carbonyl (C=O) groups excluding carboxylic acids is 2. The van der Waals surface area contributed by atoms with Crippen molar-refractivity contribution < 1.29 is 9.59 Å². The number of halogens is 1. The minimum atomic E-state index is -0.336. The van der Waals surface area contributed by atoms with Crippen molar-refractivity contribution in [2.45, 2.75) is 4.34 Å². The highest BCUT2D eigenvalue weighted by molar-refractivity contribution is 8.01. The number of nitrogens with one attached hydrogen (secondary N) is 2. The van der Waals surface area contributed by atoms with E-state index >= 15 is 0 Å². The normalized spacial score (nSPS) is 10.8. The molecular weight excluding hydrogens is 450 g/mol. The van der Waals surface area contributed by atoms with Gasteiger partial charge in [-0.05, 0) is 30.3 Å². The summed E-state index contributed by atoms with van der Waals surface area (Å²) in [5.41, 5.74) is 1.41. The summed E-state index contributed by atoms with van der Waals surface area (Å²) in [7, 11) is 0. The second kappa shape index (κ2) is 8.87. The second-order valence-electron chi connectivity index (χ2n) is 5.66. The zero-order valence-corrected chi connectivity index (χ0v) is 17.8. The van der Waals surface area contributed by atoms with Gasteiger partial charge in [-0.3, -0.25) is 14.9 Å². The number of carbonyl (C=O) groups is 2. The topological polar surface area (TPSA) is 96.9 Å². The quantitative estimate of drug-likeness (QED) is 0.316. The number of hydrogen-bond acceptors (Lipinski definition) is 8. The number of benzene rings is 2. The number of thioether (sulfide) groups is 1. The van der Waals surface area contributed by atoms with E-state index in [0.29, 0.717) is 25.2 Å². The molecule has 0 saturated carbocycles. The number of nitrogens with zero attached hydrogens (tertiary/aromatic N) is 3. The second-order valence-corrected chi connectivity index (χ2v) is 9.33. The highest BCUT2D eigenvalue weighted by Gasteiger charge is 2.15. The van der Waals surface area contributed by atoms with Crippen LogP contribution in [0.25, 0.3) is 10.2 Å². The van der Waals surface area contributed by atoms with Gasteiger partial charge in [0.2, 0.25) is 11.0 Å². The molecule has 11 heteroatoms. The average Bonchev–Trinajstić information content (AvgIpc) is 3.33. The summed E-state index contributed by atoms with van der Waals surface area (Å²) in [5, 5.41) is 14.7. The molecule has 0 aliphatic rings. The first-order chi connectivity index (χ1) is 14.1. The molecule has 2 heterocycles. The summed E-state index contributed by atoms with van der Waals surface area (Å²) in [6.07, 6.45) is 0. The fourth-order valence-electron chi connectivity index (χ4n) is 2.33. The molecule has 0 saturated heterocycles. The number of hydrogen-bond donors (Lipinski definition) is 2. The van der Waals surface area contributed by atoms with Crippen molar-refractivity contribution in [1.29, 1.82) is 0 Å². The highest BCUT2D eigenvalue weighted by atomic mass is 35.5. The van der Waals surface area contributed by atoms with Crippen molar-refractivity contribution in [2.24, 2.45) is 0 Å². The van der Waals surface area contributed by atoms with Gasteiger partial charge in [0.25, 0.3) is 5.91 Å². The molecule has 2 amide bonds. The molecular formula is C18H12ClN5O2S3. The minimum Gasteiger partial charge on any atom is -0.325 e. The molecule has 4 aromatic rings. The number of amides is 2. The molecule has 0 bridgehead atoms. The van der Waals surface area contributed by atoms with Crippen molar-refractivity contribution in [3.63, 3.8) is 0 Å². The molecule has 0 atom stereocenters. The Kier molecular flexibility index (Phi) is 6.05. The van der Waals surface area contributed by atoms with E-state index in [0.717, 1.165) is 10.2 Å². The lowest BCUT2D eigenvalue weighted by atomic mass is 10.3. The maximum absolute atomic E-state index is 12.4. The Labute approximate surface area is 182 Å². The summed E-state index contributed by atoms with van der Waals surface area (Å²) < 4.78 is 1.52. The van der Waals surface area contributed by atoms with Crippen LogP contribution in [0.5, 0.6) is 0 Å². The predicted molar refractivity (Wildman–Crippen MR) is 118 cm³/mol. The monoisotopic (exact) mass is 461 g/mol. The van der Waals surface area contributed by atoms with Gasteiger partial charge in [0, 0.05) is 10.7 Å². The van der Waals surface area contributed by atoms with E-state index in [1.165, 1.54) is 34.4 Å². The van der Waals surface area contributed by atoms with Crippen LogP contribution in [0.15, 0.2) is 52.9 Å². The molecule has 2 aromatic carbocycles. The standard InChI is InChI=1S/C18H12ClN5O2S3/c19-10-4-3-5-11(8-10)20-14(25)9-27-18-24-23-17(29-18)22-15(26)16-21-12-6-1-2-7-13(12)28-16/h1-8H,9H2,(H,20,25)(H,22,23,26). The summed E-state index contributed by atoms with van der Waals surface area (Å²) in [4.78, 5) is 28.8. The van der Waals surface area contributed by atoms with Gasteiger partial charge in [0.15, 0.2) is 9.35 Å². The first-order valence-electron chi connectivity index (χ1n) is 8.25. The summed E-state index contributed by atoms with van der Waals surface area (Å²) >= 11 is 9.65. The van der Waals surface area contributed by atoms with Crippen molar-refractivity contribution >= 4 is 78.9 Å². The van der Waals surface area contributed by atoms with Crippen LogP contribution in [0.2, 0.25) is 5.02 Å². The summed E-state index contributed by atoms with van der Waals surface area (Å²) in [6, 6.07) is 14.5. The van der Waals surface area contributed by atoms with Crippen LogP contribution in [0.4, 0.5) is 10.8 Å². The number of thiazole rings is 1. The molecule has 0 spiro atoms. The zero-order valence-electron chi connectivity index (χ0n) is 14.6. The highest BCUT2D eigenvalue weighted by Crippen LogP contribution is 2.27. The summed E-state index contributed by atoms with van der Waals surface area (Å²) in [6.45, 7) is 0. The van der Waals surface area contributed by atoms with E-state index in [2.05, 4.69) is 25.8 Å². The molecule has 0 radical (unpaired) electrons. The third-order valence-electron chi connectivity index (χ3n) is 3.55. The average molecular weight is 462 g/mol. The van der Waals surface area contributed by atoms with E-state index in [9.17, 15) is 9.59 Å². The fraction of sp³-hybridized carbons (Fsp3) is 0.0556. The fourth-order valence-corrected chi connectivity index (χ4v) is 4.93. The lowest BCUT2D eigenvalue weighted by Gasteiger charge is -2.04. The molecule has 0 aliphatic heterocycles. The first-order valence-corrected chi connectivity index (χ1v) is 11.2. The van der Waals surface area contributed by atoms with Gasteiger partial charge in [-0.2, -0.15) is 0 Å². The lowest BCUT2D eigenvalue weighted by Crippen LogP contribution is -2.13. The van der Waals surface area contributed by atoms with Crippen LogP contribution < -0.4 is 10.6 Å². The minimum absolute atomic E-state index is 0.160. The molecule has 146 valence electrons. The molecule has 4 rings (SSSR count). The third kappa shape index (κ3) is 5.10. The van der Waals surface area contributed by atoms with E-state index in [1.807, 2.05) is 24.3 Å². The van der Waals surface area contributed by atoms with Crippen LogP contribution in [0.3, 0.4) is 0 Å². The Balaban J connectivity index is 1.32. The Morgan fingerprint density at radius 3 is 2.72 bits per heavy atom. The molecule has 2 N–H and O–H groups in total. The Hall–Kier alpha value is -2.53. The van der Waals surface area contributed by atoms with Gasteiger partial charge in [-0.15, -0.1) is 21.5 Å². The number of para-hydroxylation sites is 1. The van der Waals surface area contributed by atoms with Crippen molar-refractivity contribution in [1.82, 2.24) is 15.2 Å². The number of fused-ring (bicyclic) bond motifs is 1. The first kappa shape index (κ1) is 19.8. The van der Waals surface area contributed by atoms with Gasteiger partial charge in [-0.25, -0.2) is 4.98 Å². The van der Waals surface area contributed by atoms with Crippen LogP contribution in [0, 0.1) is 0 Å². The van der Waals surface area contributed by atoms with Crippen LogP contribution in [0.1, 0.15) is 9.80 Å². The Morgan fingerprint density at radius 1 is 1.03 bits per heavy atom. The predicted octanol–water partition coefficient (Wildman–Crippen LogP) is 4.78. The van der Waals surface area contributed by atoms with Crippen LogP contribution in [-0.2, 0) is 4.79 Å². The Morgan fingerprint density at radius 2 is 1.90 bits per heavy atom. The lowest BCUT2D eigenvalue weighted by molar-refractivity contribution is -0.113. The van der Waals surface area contributed by atoms with Gasteiger partial charge in [0.1, 0.15) is 0 Å². The molecule has 29 heavy (non-hydrogen) atoms. The van der Waals surface area contributed by atoms with Crippen molar-refractivity contribution in [3.05, 3.63) is 58.6 Å². The van der Waals surface area contributed by atoms with Gasteiger partial charge in [0.05, 0.1) is 16.0 Å². The van der Waals surface area contributed by atoms with Crippen LogP contribution >= 0.6 is 46.0 Å². The zero-order chi connectivity index (χ0) is 20.2. The Bertz CT molecular complexity index is 1160. The van der Waals surface area contributed by atoms with Crippen molar-refractivity contribution in [3.8, 4) is 0 Å². The SMILES string of the molecule is O=C(CSc1nnc(NC(=O)c2nc3ccccc3s2)s1)Nc1cccc(Cl)c1. The smallest absolute Gasteiger partial charge is 0.286 e. The van der Waals surface area contributed by atoms with E-state index in [-0.39, 0.29) is 17.6 Å². The van der Waals surface area contributed by atoms with Crippen molar-refractivity contribution in [2.75, 3.05) is 16.4 Å². The van der Waals surface area contributed by atoms with Gasteiger partial charge in [-0.1, -0.05) is 52.9 Å². The number of anilines is 2. The van der Waals surface area contributed by atoms with E-state index in [1.54, 1.807) is 24.3 Å². The molecule has 2 aromatic heterocycles. The largest absolute Gasteiger partial charge is 0.325 e.